The van der Waals surface area contributed by atoms with Gasteiger partial charge in [-0.05, 0) is 19.1 Å². The number of nitrogens with zero attached hydrogens (tertiary/aromatic N) is 3. The van der Waals surface area contributed by atoms with Gasteiger partial charge < -0.3 is 14.7 Å². The van der Waals surface area contributed by atoms with E-state index in [1.807, 2.05) is 30.3 Å². The van der Waals surface area contributed by atoms with Gasteiger partial charge >= 0.3 is 0 Å². The van der Waals surface area contributed by atoms with E-state index >= 15 is 0 Å². The van der Waals surface area contributed by atoms with Crippen molar-refractivity contribution in [2.45, 2.75) is 6.92 Å². The van der Waals surface area contributed by atoms with Crippen LogP contribution in [0.15, 0.2) is 36.5 Å². The number of aliphatic hydroxyl groups excluding tert-OH is 1. The van der Waals surface area contributed by atoms with Crippen molar-refractivity contribution in [1.82, 2.24) is 14.7 Å². The first kappa shape index (κ1) is 16.2. The molecule has 1 aromatic heterocycles. The number of carbonyl (C=O) groups is 1. The first-order valence-corrected chi connectivity index (χ1v) is 7.18. The van der Waals surface area contributed by atoms with Gasteiger partial charge in [0.05, 0.1) is 30.2 Å². The minimum Gasteiger partial charge on any atom is -0.395 e. The molecular weight excluding hydrogens is 282 g/mol. The number of rotatable bonds is 7. The number of hydrogen-bond donors (Lipinski definition) is 1. The topological polar surface area (TPSA) is 67.6 Å². The Morgan fingerprint density at radius 1 is 1.32 bits per heavy atom. The highest BCUT2D eigenvalue weighted by molar-refractivity contribution is 5.95. The quantitative estimate of drug-likeness (QED) is 0.836. The number of methoxy groups -OCH3 is 1. The number of carbonyl (C=O) groups excluding carboxylic acids is 1. The number of para-hydroxylation sites is 1. The Balaban J connectivity index is 2.23. The molecule has 6 heteroatoms. The van der Waals surface area contributed by atoms with Gasteiger partial charge in [0, 0.05) is 26.4 Å². The van der Waals surface area contributed by atoms with Crippen LogP contribution >= 0.6 is 0 Å². The normalized spacial score (nSPS) is 10.7. The second-order valence-corrected chi connectivity index (χ2v) is 4.92. The Hall–Kier alpha value is -2.18. The third kappa shape index (κ3) is 3.72. The molecule has 0 fully saturated rings. The second kappa shape index (κ2) is 7.72. The van der Waals surface area contributed by atoms with E-state index in [1.54, 1.807) is 29.8 Å². The molecule has 1 aromatic carbocycles. The maximum atomic E-state index is 12.6. The summed E-state index contributed by atoms with van der Waals surface area (Å²) in [4.78, 5) is 14.2. The Bertz CT molecular complexity index is 610. The molecular formula is C16H21N3O3. The van der Waals surface area contributed by atoms with Gasteiger partial charge in [0.25, 0.3) is 5.91 Å². The van der Waals surface area contributed by atoms with Gasteiger partial charge in [-0.25, -0.2) is 4.68 Å². The summed E-state index contributed by atoms with van der Waals surface area (Å²) in [6.07, 6.45) is 1.73. The number of amides is 1. The van der Waals surface area contributed by atoms with Gasteiger partial charge in [-0.15, -0.1) is 0 Å². The van der Waals surface area contributed by atoms with Crippen LogP contribution in [0.2, 0.25) is 0 Å². The number of aryl methyl sites for hydroxylation is 1. The molecule has 0 bridgehead atoms. The van der Waals surface area contributed by atoms with Gasteiger partial charge in [0.15, 0.2) is 0 Å². The number of ether oxygens (including phenoxy) is 1. The molecule has 118 valence electrons. The zero-order valence-corrected chi connectivity index (χ0v) is 12.9. The first-order chi connectivity index (χ1) is 10.7. The molecule has 6 nitrogen and oxygen atoms in total. The van der Waals surface area contributed by atoms with Crippen LogP contribution < -0.4 is 0 Å². The molecule has 0 atom stereocenters. The van der Waals surface area contributed by atoms with Crippen molar-refractivity contribution in [2.75, 3.05) is 33.4 Å². The van der Waals surface area contributed by atoms with Crippen LogP contribution in [0, 0.1) is 6.92 Å². The highest BCUT2D eigenvalue weighted by Gasteiger charge is 2.20. The molecule has 0 aliphatic carbocycles. The van der Waals surface area contributed by atoms with Crippen molar-refractivity contribution in [3.63, 3.8) is 0 Å². The van der Waals surface area contributed by atoms with Crippen molar-refractivity contribution >= 4 is 5.91 Å². The minimum atomic E-state index is -0.147. The number of aliphatic hydroxyl groups is 1. The molecule has 0 radical (unpaired) electrons. The predicted octanol–water partition coefficient (Wildman–Crippen LogP) is 1.26. The van der Waals surface area contributed by atoms with E-state index in [9.17, 15) is 4.79 Å². The lowest BCUT2D eigenvalue weighted by Gasteiger charge is -2.20. The van der Waals surface area contributed by atoms with Gasteiger partial charge in [-0.3, -0.25) is 4.79 Å². The monoisotopic (exact) mass is 303 g/mol. The fraction of sp³-hybridized carbons (Fsp3) is 0.375. The third-order valence-electron chi connectivity index (χ3n) is 3.37. The zero-order chi connectivity index (χ0) is 15.9. The standard InChI is InChI=1S/C16H21N3O3/c1-13-15(16(21)18(8-10-20)9-11-22-2)12-19(17-13)14-6-4-3-5-7-14/h3-7,12,20H,8-11H2,1-2H3. The number of aromatic nitrogens is 2. The van der Waals surface area contributed by atoms with Crippen LogP contribution in [0.25, 0.3) is 5.69 Å². The Labute approximate surface area is 129 Å². The van der Waals surface area contributed by atoms with Crippen LogP contribution in [0.3, 0.4) is 0 Å². The molecule has 1 heterocycles. The van der Waals surface area contributed by atoms with Crippen LogP contribution in [0.1, 0.15) is 16.1 Å². The lowest BCUT2D eigenvalue weighted by atomic mass is 10.2. The van der Waals surface area contributed by atoms with Crippen LogP contribution in [0.4, 0.5) is 0 Å². The summed E-state index contributed by atoms with van der Waals surface area (Å²) in [6, 6.07) is 9.63. The first-order valence-electron chi connectivity index (χ1n) is 7.18. The summed E-state index contributed by atoms with van der Waals surface area (Å²) in [7, 11) is 1.58. The van der Waals surface area contributed by atoms with Crippen LogP contribution in [0.5, 0.6) is 0 Å². The van der Waals surface area contributed by atoms with Crippen molar-refractivity contribution in [1.29, 1.82) is 0 Å². The molecule has 0 aliphatic heterocycles. The molecule has 0 unspecified atom stereocenters. The maximum Gasteiger partial charge on any atom is 0.257 e. The highest BCUT2D eigenvalue weighted by atomic mass is 16.5. The average Bonchev–Trinajstić information content (AvgIpc) is 2.93. The van der Waals surface area contributed by atoms with Crippen LogP contribution in [-0.2, 0) is 4.74 Å². The summed E-state index contributed by atoms with van der Waals surface area (Å²) in [5.41, 5.74) is 2.10. The van der Waals surface area contributed by atoms with Crippen molar-refractivity contribution in [2.24, 2.45) is 0 Å². The summed E-state index contributed by atoms with van der Waals surface area (Å²) in [5, 5.41) is 13.5. The van der Waals surface area contributed by atoms with E-state index in [4.69, 9.17) is 9.84 Å². The van der Waals surface area contributed by atoms with Gasteiger partial charge in [-0.2, -0.15) is 5.10 Å². The zero-order valence-electron chi connectivity index (χ0n) is 12.9. The van der Waals surface area contributed by atoms with E-state index in [1.165, 1.54) is 0 Å². The summed E-state index contributed by atoms with van der Waals surface area (Å²) in [5.74, 6) is -0.147. The maximum absolute atomic E-state index is 12.6. The molecule has 0 saturated heterocycles. The van der Waals surface area contributed by atoms with E-state index in [0.717, 1.165) is 5.69 Å². The second-order valence-electron chi connectivity index (χ2n) is 4.92. The van der Waals surface area contributed by atoms with Gasteiger partial charge in [-0.1, -0.05) is 18.2 Å². The van der Waals surface area contributed by atoms with Gasteiger partial charge in [0.2, 0.25) is 0 Å². The van der Waals surface area contributed by atoms with E-state index in [0.29, 0.717) is 24.4 Å². The Morgan fingerprint density at radius 3 is 2.68 bits per heavy atom. The van der Waals surface area contributed by atoms with Crippen molar-refractivity contribution < 1.29 is 14.6 Å². The molecule has 1 amide bonds. The fourth-order valence-corrected chi connectivity index (χ4v) is 2.19. The summed E-state index contributed by atoms with van der Waals surface area (Å²) >= 11 is 0. The number of hydrogen-bond acceptors (Lipinski definition) is 4. The summed E-state index contributed by atoms with van der Waals surface area (Å²) < 4.78 is 6.70. The minimum absolute atomic E-state index is 0.0820. The molecule has 2 rings (SSSR count). The SMILES string of the molecule is COCCN(CCO)C(=O)c1cn(-c2ccccc2)nc1C. The van der Waals surface area contributed by atoms with Crippen LogP contribution in [-0.4, -0.2) is 59.1 Å². The fourth-order valence-electron chi connectivity index (χ4n) is 2.19. The molecule has 0 spiro atoms. The summed E-state index contributed by atoms with van der Waals surface area (Å²) in [6.45, 7) is 2.86. The lowest BCUT2D eigenvalue weighted by Crippen LogP contribution is -2.36. The van der Waals surface area contributed by atoms with E-state index in [-0.39, 0.29) is 19.1 Å². The predicted molar refractivity (Wildman–Crippen MR) is 83.2 cm³/mol. The average molecular weight is 303 g/mol. The lowest BCUT2D eigenvalue weighted by molar-refractivity contribution is 0.0656. The smallest absolute Gasteiger partial charge is 0.257 e. The Morgan fingerprint density at radius 2 is 2.05 bits per heavy atom. The van der Waals surface area contributed by atoms with Crippen molar-refractivity contribution in [3.05, 3.63) is 47.8 Å². The third-order valence-corrected chi connectivity index (χ3v) is 3.37. The highest BCUT2D eigenvalue weighted by Crippen LogP contribution is 2.14. The van der Waals surface area contributed by atoms with Gasteiger partial charge in [0.1, 0.15) is 0 Å². The largest absolute Gasteiger partial charge is 0.395 e. The number of benzene rings is 1. The molecule has 2 aromatic rings. The molecule has 0 saturated carbocycles. The van der Waals surface area contributed by atoms with E-state index < -0.39 is 0 Å². The molecule has 22 heavy (non-hydrogen) atoms. The molecule has 0 aliphatic rings. The van der Waals surface area contributed by atoms with Crippen molar-refractivity contribution in [3.8, 4) is 5.69 Å². The molecule has 1 N–H and O–H groups in total. The van der Waals surface area contributed by atoms with E-state index in [2.05, 4.69) is 5.10 Å². The Kier molecular flexibility index (Phi) is 5.68.